The van der Waals surface area contributed by atoms with Crippen LogP contribution in [0, 0.1) is 0 Å². The molecule has 0 fully saturated rings. The third-order valence-corrected chi connectivity index (χ3v) is 6.01. The molecule has 7 heteroatoms. The van der Waals surface area contributed by atoms with Gasteiger partial charge in [0.05, 0.1) is 17.0 Å². The summed E-state index contributed by atoms with van der Waals surface area (Å²) >= 11 is 6.54. The van der Waals surface area contributed by atoms with Crippen molar-refractivity contribution in [3.8, 4) is 11.5 Å². The van der Waals surface area contributed by atoms with Gasteiger partial charge in [0.1, 0.15) is 17.3 Å². The van der Waals surface area contributed by atoms with Crippen molar-refractivity contribution in [3.05, 3.63) is 88.4 Å². The fourth-order valence-electron chi connectivity index (χ4n) is 3.31. The number of primary sulfonamides is 1. The summed E-state index contributed by atoms with van der Waals surface area (Å²) in [6.07, 6.45) is 0.620. The first-order valence-electron chi connectivity index (χ1n) is 8.83. The van der Waals surface area contributed by atoms with Crippen molar-refractivity contribution >= 4 is 33.0 Å². The number of halogens is 1. The molecule has 0 radical (unpaired) electrons. The summed E-state index contributed by atoms with van der Waals surface area (Å²) in [6, 6.07) is 19.6. The van der Waals surface area contributed by atoms with Crippen molar-refractivity contribution in [2.45, 2.75) is 11.3 Å². The van der Waals surface area contributed by atoms with Crippen LogP contribution in [0.1, 0.15) is 16.7 Å². The zero-order valence-electron chi connectivity index (χ0n) is 15.6. The summed E-state index contributed by atoms with van der Waals surface area (Å²) in [5.41, 5.74) is 3.50. The molecule has 1 aliphatic rings. The Morgan fingerprint density at radius 3 is 2.41 bits per heavy atom. The maximum atomic E-state index is 11.6. The Kier molecular flexibility index (Phi) is 5.08. The van der Waals surface area contributed by atoms with E-state index in [0.29, 0.717) is 23.0 Å². The Morgan fingerprint density at radius 2 is 1.76 bits per heavy atom. The zero-order chi connectivity index (χ0) is 20.6. The fraction of sp³-hybridized carbons (Fsp3) is 0.0909. The monoisotopic (exact) mass is 427 g/mol. The second-order valence-electron chi connectivity index (χ2n) is 6.61. The van der Waals surface area contributed by atoms with Gasteiger partial charge in [-0.1, -0.05) is 29.8 Å². The predicted molar refractivity (Wildman–Crippen MR) is 113 cm³/mol. The van der Waals surface area contributed by atoms with E-state index in [0.717, 1.165) is 28.0 Å². The van der Waals surface area contributed by atoms with Crippen LogP contribution in [-0.4, -0.2) is 15.5 Å². The van der Waals surface area contributed by atoms with Crippen molar-refractivity contribution in [2.24, 2.45) is 5.14 Å². The van der Waals surface area contributed by atoms with Crippen molar-refractivity contribution in [1.29, 1.82) is 0 Å². The molecule has 0 amide bonds. The molecular weight excluding hydrogens is 410 g/mol. The number of benzene rings is 3. The van der Waals surface area contributed by atoms with Crippen molar-refractivity contribution in [3.63, 3.8) is 0 Å². The number of sulfonamides is 1. The van der Waals surface area contributed by atoms with Gasteiger partial charge in [0.2, 0.25) is 10.0 Å². The highest BCUT2D eigenvalue weighted by molar-refractivity contribution is 7.89. The Hall–Kier alpha value is -2.80. The molecule has 3 aromatic rings. The van der Waals surface area contributed by atoms with Gasteiger partial charge in [-0.05, 0) is 54.1 Å². The van der Waals surface area contributed by atoms with Gasteiger partial charge in [-0.3, -0.25) is 0 Å². The first kappa shape index (κ1) is 19.5. The van der Waals surface area contributed by atoms with E-state index >= 15 is 0 Å². The summed E-state index contributed by atoms with van der Waals surface area (Å²) in [5, 5.41) is 5.76. The highest BCUT2D eigenvalue weighted by Crippen LogP contribution is 2.41. The summed E-state index contributed by atoms with van der Waals surface area (Å²) in [5.74, 6) is 2.04. The minimum atomic E-state index is -3.77. The van der Waals surface area contributed by atoms with Gasteiger partial charge in [0.25, 0.3) is 0 Å². The zero-order valence-corrected chi connectivity index (χ0v) is 17.1. The van der Waals surface area contributed by atoms with Gasteiger partial charge in [-0.2, -0.15) is 0 Å². The minimum absolute atomic E-state index is 0.0436. The standard InChI is InChI=1S/C22H18ClNO4S/c1-27-16-8-11-18(20(23)13-16)19-12-15-4-2-3-5-21(15)28-22(19)14-6-9-17(10-7-14)29(24,25)26/h2-11,13H,12H2,1H3,(H2,24,25,26). The molecule has 1 aliphatic heterocycles. The molecule has 4 rings (SSSR count). The largest absolute Gasteiger partial charge is 0.497 e. The summed E-state index contributed by atoms with van der Waals surface area (Å²) in [4.78, 5) is 0.0436. The normalized spacial score (nSPS) is 13.6. The van der Waals surface area contributed by atoms with Crippen LogP contribution in [-0.2, 0) is 16.4 Å². The number of fused-ring (bicyclic) bond motifs is 1. The van der Waals surface area contributed by atoms with Crippen LogP contribution in [0.15, 0.2) is 71.6 Å². The molecular formula is C22H18ClNO4S. The van der Waals surface area contributed by atoms with Crippen molar-refractivity contribution < 1.29 is 17.9 Å². The first-order valence-corrected chi connectivity index (χ1v) is 10.8. The van der Waals surface area contributed by atoms with Gasteiger partial charge in [0.15, 0.2) is 0 Å². The van der Waals surface area contributed by atoms with E-state index in [2.05, 4.69) is 0 Å². The Bertz CT molecular complexity index is 1220. The molecule has 0 aliphatic carbocycles. The van der Waals surface area contributed by atoms with E-state index in [1.54, 1.807) is 25.3 Å². The molecule has 0 saturated carbocycles. The number of ether oxygens (including phenoxy) is 2. The van der Waals surface area contributed by atoms with Crippen LogP contribution >= 0.6 is 11.6 Å². The van der Waals surface area contributed by atoms with Crippen molar-refractivity contribution in [2.75, 3.05) is 7.11 Å². The van der Waals surface area contributed by atoms with Crippen LogP contribution < -0.4 is 14.6 Å². The molecule has 2 N–H and O–H groups in total. The third-order valence-electron chi connectivity index (χ3n) is 4.77. The maximum absolute atomic E-state index is 11.6. The van der Waals surface area contributed by atoms with Crippen LogP contribution in [0.4, 0.5) is 0 Å². The summed E-state index contributed by atoms with van der Waals surface area (Å²) in [7, 11) is -2.18. The van der Waals surface area contributed by atoms with Gasteiger partial charge in [-0.15, -0.1) is 0 Å². The van der Waals surface area contributed by atoms with E-state index in [4.69, 9.17) is 26.2 Å². The maximum Gasteiger partial charge on any atom is 0.238 e. The van der Waals surface area contributed by atoms with E-state index in [1.165, 1.54) is 12.1 Å². The topological polar surface area (TPSA) is 78.6 Å². The van der Waals surface area contributed by atoms with Gasteiger partial charge in [0, 0.05) is 23.1 Å². The molecule has 5 nitrogen and oxygen atoms in total. The SMILES string of the molecule is COc1ccc(C2=C(c3ccc(S(N)(=O)=O)cc3)Oc3ccccc3C2)c(Cl)c1. The lowest BCUT2D eigenvalue weighted by Gasteiger charge is -2.25. The predicted octanol–water partition coefficient (Wildman–Crippen LogP) is 4.50. The number of hydrogen-bond donors (Lipinski definition) is 1. The number of rotatable bonds is 4. The number of methoxy groups -OCH3 is 1. The molecule has 0 aromatic heterocycles. The van der Waals surface area contributed by atoms with Crippen molar-refractivity contribution in [1.82, 2.24) is 0 Å². The lowest BCUT2D eigenvalue weighted by molar-refractivity contribution is 0.415. The van der Waals surface area contributed by atoms with Gasteiger partial charge >= 0.3 is 0 Å². The molecule has 0 spiro atoms. The Labute approximate surface area is 174 Å². The minimum Gasteiger partial charge on any atom is -0.497 e. The highest BCUT2D eigenvalue weighted by atomic mass is 35.5. The number of allylic oxidation sites excluding steroid dienone is 1. The smallest absolute Gasteiger partial charge is 0.238 e. The van der Waals surface area contributed by atoms with Gasteiger partial charge < -0.3 is 9.47 Å². The molecule has 0 saturated heterocycles. The van der Waals surface area contributed by atoms with Crippen LogP contribution in [0.5, 0.6) is 11.5 Å². The average Bonchev–Trinajstić information content (AvgIpc) is 2.72. The second-order valence-corrected chi connectivity index (χ2v) is 8.58. The Balaban J connectivity index is 1.87. The molecule has 0 bridgehead atoms. The lowest BCUT2D eigenvalue weighted by Crippen LogP contribution is -2.13. The number of para-hydroxylation sites is 1. The van der Waals surface area contributed by atoms with E-state index in [1.807, 2.05) is 36.4 Å². The van der Waals surface area contributed by atoms with E-state index in [-0.39, 0.29) is 4.90 Å². The summed E-state index contributed by atoms with van der Waals surface area (Å²) < 4.78 is 34.6. The Morgan fingerprint density at radius 1 is 1.03 bits per heavy atom. The first-order chi connectivity index (χ1) is 13.9. The molecule has 0 unspecified atom stereocenters. The summed E-state index contributed by atoms with van der Waals surface area (Å²) in [6.45, 7) is 0. The molecule has 3 aromatic carbocycles. The highest BCUT2D eigenvalue weighted by Gasteiger charge is 2.24. The molecule has 0 atom stereocenters. The average molecular weight is 428 g/mol. The molecule has 1 heterocycles. The second kappa shape index (κ2) is 7.55. The van der Waals surface area contributed by atoms with Crippen LogP contribution in [0.25, 0.3) is 11.3 Å². The van der Waals surface area contributed by atoms with Gasteiger partial charge in [-0.25, -0.2) is 13.6 Å². The fourth-order valence-corrected chi connectivity index (χ4v) is 4.11. The van der Waals surface area contributed by atoms with E-state index in [9.17, 15) is 8.42 Å². The quantitative estimate of drug-likeness (QED) is 0.664. The third kappa shape index (κ3) is 3.87. The van der Waals surface area contributed by atoms with Crippen LogP contribution in [0.3, 0.4) is 0 Å². The lowest BCUT2D eigenvalue weighted by atomic mass is 9.92. The van der Waals surface area contributed by atoms with E-state index < -0.39 is 10.0 Å². The molecule has 148 valence electrons. The number of hydrogen-bond acceptors (Lipinski definition) is 4. The van der Waals surface area contributed by atoms with Crippen LogP contribution in [0.2, 0.25) is 5.02 Å². The molecule has 29 heavy (non-hydrogen) atoms. The number of nitrogens with two attached hydrogens (primary N) is 1.